The van der Waals surface area contributed by atoms with Gasteiger partial charge in [0.05, 0.1) is 30.9 Å². The first-order valence-electron chi connectivity index (χ1n) is 12.9. The Labute approximate surface area is 231 Å². The number of hydrogen-bond donors (Lipinski definition) is 3. The van der Waals surface area contributed by atoms with Crippen LogP contribution >= 0.6 is 0 Å². The molecule has 12 heteroatoms. The van der Waals surface area contributed by atoms with E-state index in [1.807, 2.05) is 13.8 Å². The number of nitrogens with zero attached hydrogens (tertiary/aromatic N) is 3. The number of nitrogens with one attached hydrogen (secondary N) is 3. The molecule has 3 aromatic rings. The number of fused-ring (bicyclic) bond motifs is 1. The maximum atomic E-state index is 14.5. The van der Waals surface area contributed by atoms with Gasteiger partial charge in [-0.1, -0.05) is 19.9 Å². The van der Waals surface area contributed by atoms with Gasteiger partial charge >= 0.3 is 6.09 Å². The number of amides is 3. The Morgan fingerprint density at radius 1 is 1.27 bits per heavy atom. The van der Waals surface area contributed by atoms with Crippen LogP contribution in [0.1, 0.15) is 37.9 Å². The van der Waals surface area contributed by atoms with E-state index in [0.29, 0.717) is 35.1 Å². The number of likely N-dealkylation sites (N-methyl/N-ethyl adjacent to an activating group) is 1. The highest BCUT2D eigenvalue weighted by Gasteiger charge is 2.22. The van der Waals surface area contributed by atoms with Gasteiger partial charge < -0.3 is 29.8 Å². The lowest BCUT2D eigenvalue weighted by atomic mass is 10.0. The molecule has 0 radical (unpaired) electrons. The number of aromatic nitrogens is 3. The zero-order valence-electron chi connectivity index (χ0n) is 23.3. The van der Waals surface area contributed by atoms with Crippen LogP contribution in [0.2, 0.25) is 0 Å². The number of rotatable bonds is 11. The van der Waals surface area contributed by atoms with Gasteiger partial charge in [-0.25, -0.2) is 9.18 Å². The lowest BCUT2D eigenvalue weighted by Gasteiger charge is -2.17. The van der Waals surface area contributed by atoms with Gasteiger partial charge in [0.15, 0.2) is 0 Å². The molecule has 0 bridgehead atoms. The lowest BCUT2D eigenvalue weighted by molar-refractivity contribution is -0.123. The van der Waals surface area contributed by atoms with E-state index in [4.69, 9.17) is 0 Å². The molecule has 3 aromatic heterocycles. The van der Waals surface area contributed by atoms with E-state index in [1.165, 1.54) is 34.9 Å². The molecular formula is C28H35FN6O5. The molecule has 3 rings (SSSR count). The number of carbonyl (C=O) groups is 3. The van der Waals surface area contributed by atoms with Gasteiger partial charge in [0.2, 0.25) is 11.8 Å². The third-order valence-corrected chi connectivity index (χ3v) is 6.11. The fraction of sp³-hybridized carbons (Fsp3) is 0.393. The molecule has 1 atom stereocenters. The van der Waals surface area contributed by atoms with Crippen LogP contribution in [0.3, 0.4) is 0 Å². The van der Waals surface area contributed by atoms with E-state index in [-0.39, 0.29) is 36.3 Å². The number of halogens is 1. The topological polar surface area (TPSA) is 138 Å². The zero-order chi connectivity index (χ0) is 29.4. The number of allylic oxidation sites excluding steroid dienone is 1. The Balaban J connectivity index is 1.78. The molecule has 0 aromatic carbocycles. The van der Waals surface area contributed by atoms with E-state index < -0.39 is 23.6 Å². The van der Waals surface area contributed by atoms with Gasteiger partial charge in [-0.3, -0.25) is 19.4 Å². The Morgan fingerprint density at radius 3 is 2.70 bits per heavy atom. The molecule has 214 valence electrons. The smallest absolute Gasteiger partial charge is 0.407 e. The predicted octanol–water partition coefficient (Wildman–Crippen LogP) is 3.20. The largest absolute Gasteiger partial charge is 0.453 e. The Hall–Kier alpha value is -4.48. The number of alkyl carbamates (subject to hydrolysis) is 1. The van der Waals surface area contributed by atoms with Crippen molar-refractivity contribution in [1.82, 2.24) is 24.8 Å². The molecule has 0 aliphatic heterocycles. The van der Waals surface area contributed by atoms with Crippen LogP contribution < -0.4 is 16.2 Å². The average molecular weight is 555 g/mol. The summed E-state index contributed by atoms with van der Waals surface area (Å²) in [6.07, 6.45) is 5.96. The normalized spacial score (nSPS) is 12.1. The van der Waals surface area contributed by atoms with E-state index in [0.717, 1.165) is 0 Å². The molecule has 40 heavy (non-hydrogen) atoms. The first kappa shape index (κ1) is 30.1. The minimum Gasteiger partial charge on any atom is -0.453 e. The number of H-pyrrole nitrogens is 1. The molecule has 0 aliphatic carbocycles. The summed E-state index contributed by atoms with van der Waals surface area (Å²) in [5.74, 6) is -0.967. The second-order valence-corrected chi connectivity index (χ2v) is 9.98. The van der Waals surface area contributed by atoms with Gasteiger partial charge in [-0.15, -0.1) is 0 Å². The van der Waals surface area contributed by atoms with Crippen LogP contribution in [0.15, 0.2) is 47.5 Å². The molecule has 0 spiro atoms. The second kappa shape index (κ2) is 13.5. The van der Waals surface area contributed by atoms with Gasteiger partial charge in [0.25, 0.3) is 5.56 Å². The minimum atomic E-state index is -1.02. The summed E-state index contributed by atoms with van der Waals surface area (Å²) < 4.78 is 20.5. The first-order chi connectivity index (χ1) is 19.0. The van der Waals surface area contributed by atoms with Crippen molar-refractivity contribution in [2.24, 2.45) is 5.92 Å². The standard InChI is InChI=1S/C28H35FN6O5/c1-17(2)13-19-20(29)15-30-23-14-18(31-25(19)23)16-35-12-8-10-22(27(35)38)32-26(37)21(33-28(39)40-5)9-6-7-11-24(36)34(3)4/h7-8,10-12,14-15,17,21,31H,6,9,13,16H2,1-5H3,(H,32,37)(H,33,39). The third kappa shape index (κ3) is 7.78. The molecule has 0 saturated carbocycles. The molecule has 3 N–H and O–H groups in total. The quantitative estimate of drug-likeness (QED) is 0.311. The molecule has 3 amide bonds. The van der Waals surface area contributed by atoms with Crippen molar-refractivity contribution in [3.8, 4) is 0 Å². The van der Waals surface area contributed by atoms with Crippen LogP contribution in [0.5, 0.6) is 0 Å². The van der Waals surface area contributed by atoms with Crippen LogP contribution in [-0.2, 0) is 27.3 Å². The van der Waals surface area contributed by atoms with Crippen LogP contribution in [0, 0.1) is 11.7 Å². The summed E-state index contributed by atoms with van der Waals surface area (Å²) in [7, 11) is 4.41. The van der Waals surface area contributed by atoms with E-state index in [1.54, 1.807) is 38.5 Å². The number of carbonyl (C=O) groups excluding carboxylic acids is 3. The fourth-order valence-electron chi connectivity index (χ4n) is 4.07. The molecule has 0 saturated heterocycles. The molecule has 3 heterocycles. The summed E-state index contributed by atoms with van der Waals surface area (Å²) in [4.78, 5) is 58.5. The van der Waals surface area contributed by atoms with E-state index in [9.17, 15) is 23.6 Å². The average Bonchev–Trinajstić information content (AvgIpc) is 3.32. The van der Waals surface area contributed by atoms with Crippen molar-refractivity contribution in [3.05, 3.63) is 70.2 Å². The van der Waals surface area contributed by atoms with Gasteiger partial charge in [-0.05, 0) is 49.5 Å². The molecular weight excluding hydrogens is 519 g/mol. The van der Waals surface area contributed by atoms with Crippen molar-refractivity contribution in [1.29, 1.82) is 0 Å². The summed E-state index contributed by atoms with van der Waals surface area (Å²) in [5, 5.41) is 5.04. The highest BCUT2D eigenvalue weighted by molar-refractivity contribution is 5.96. The van der Waals surface area contributed by atoms with Crippen molar-refractivity contribution >= 4 is 34.6 Å². The monoisotopic (exact) mass is 554 g/mol. The van der Waals surface area contributed by atoms with E-state index >= 15 is 0 Å². The number of ether oxygens (including phenoxy) is 1. The maximum absolute atomic E-state index is 14.5. The number of methoxy groups -OCH3 is 1. The highest BCUT2D eigenvalue weighted by Crippen LogP contribution is 2.23. The van der Waals surface area contributed by atoms with Crippen LogP contribution in [0.25, 0.3) is 11.0 Å². The Kier molecular flexibility index (Phi) is 10.2. The van der Waals surface area contributed by atoms with Gasteiger partial charge in [0, 0.05) is 31.5 Å². The van der Waals surface area contributed by atoms with Gasteiger partial charge in [-0.2, -0.15) is 0 Å². The summed E-state index contributed by atoms with van der Waals surface area (Å²) >= 11 is 0. The number of anilines is 1. The number of pyridine rings is 2. The molecule has 11 nitrogen and oxygen atoms in total. The van der Waals surface area contributed by atoms with Crippen LogP contribution in [-0.4, -0.2) is 64.6 Å². The second-order valence-electron chi connectivity index (χ2n) is 9.98. The lowest BCUT2D eigenvalue weighted by Crippen LogP contribution is -2.44. The number of hydrogen-bond acceptors (Lipinski definition) is 6. The Bertz CT molecular complexity index is 1460. The summed E-state index contributed by atoms with van der Waals surface area (Å²) in [5.41, 5.74) is 1.94. The van der Waals surface area contributed by atoms with Crippen molar-refractivity contribution < 1.29 is 23.5 Å². The van der Waals surface area contributed by atoms with Crippen molar-refractivity contribution in [2.45, 2.75) is 45.7 Å². The van der Waals surface area contributed by atoms with Gasteiger partial charge in [0.1, 0.15) is 17.5 Å². The predicted molar refractivity (Wildman–Crippen MR) is 149 cm³/mol. The molecule has 1 unspecified atom stereocenters. The van der Waals surface area contributed by atoms with Crippen molar-refractivity contribution in [2.75, 3.05) is 26.5 Å². The fourth-order valence-corrected chi connectivity index (χ4v) is 4.07. The Morgan fingerprint density at radius 2 is 2.02 bits per heavy atom. The zero-order valence-corrected chi connectivity index (χ0v) is 23.3. The maximum Gasteiger partial charge on any atom is 0.407 e. The minimum absolute atomic E-state index is 0.0169. The number of aromatic amines is 1. The first-order valence-corrected chi connectivity index (χ1v) is 12.9. The van der Waals surface area contributed by atoms with Crippen LogP contribution in [0.4, 0.5) is 14.9 Å². The highest BCUT2D eigenvalue weighted by atomic mass is 19.1. The molecule has 0 aliphatic rings. The van der Waals surface area contributed by atoms with E-state index in [2.05, 4.69) is 25.3 Å². The van der Waals surface area contributed by atoms with Crippen molar-refractivity contribution in [3.63, 3.8) is 0 Å². The molecule has 0 fully saturated rings. The SMILES string of the molecule is COC(=O)NC(CCC=CC(=O)N(C)C)C(=O)Nc1cccn(Cc2cc3ncc(F)c(CC(C)C)c3[nH]2)c1=O. The summed E-state index contributed by atoms with van der Waals surface area (Å²) in [6, 6.07) is 3.82. The third-order valence-electron chi connectivity index (χ3n) is 6.11. The summed E-state index contributed by atoms with van der Waals surface area (Å²) in [6.45, 7) is 4.14.